The molecule has 0 bridgehead atoms. The van der Waals surface area contributed by atoms with Gasteiger partial charge in [-0.25, -0.2) is 0 Å². The molecule has 82 valence electrons. The van der Waals surface area contributed by atoms with Crippen LogP contribution >= 0.6 is 0 Å². The number of aryl methyl sites for hydroxylation is 1. The van der Waals surface area contributed by atoms with Gasteiger partial charge < -0.3 is 5.11 Å². The summed E-state index contributed by atoms with van der Waals surface area (Å²) in [6.07, 6.45) is 2.37. The summed E-state index contributed by atoms with van der Waals surface area (Å²) < 4.78 is 0. The van der Waals surface area contributed by atoms with Gasteiger partial charge in [-0.05, 0) is 31.0 Å². The molecule has 0 radical (unpaired) electrons. The molecule has 0 aliphatic carbocycles. The smallest absolute Gasteiger partial charge is 0.163 e. The van der Waals surface area contributed by atoms with E-state index in [9.17, 15) is 9.90 Å². The van der Waals surface area contributed by atoms with Crippen LogP contribution in [0.4, 0.5) is 0 Å². The molecule has 0 spiro atoms. The molecule has 0 unspecified atom stereocenters. The van der Waals surface area contributed by atoms with Crippen molar-refractivity contribution in [1.82, 2.24) is 4.98 Å². The maximum Gasteiger partial charge on any atom is 0.163 e. The molecule has 2 rings (SSSR count). The maximum absolute atomic E-state index is 11.5. The lowest BCUT2D eigenvalue weighted by Gasteiger charge is -2.10. The van der Waals surface area contributed by atoms with E-state index >= 15 is 0 Å². The molecule has 1 N–H and O–H groups in total. The molecule has 1 aromatic carbocycles. The summed E-state index contributed by atoms with van der Waals surface area (Å²) in [7, 11) is 0. The highest BCUT2D eigenvalue weighted by atomic mass is 16.3. The lowest BCUT2D eigenvalue weighted by Crippen LogP contribution is -2.01. The van der Waals surface area contributed by atoms with Crippen molar-refractivity contribution in [3.05, 3.63) is 35.5 Å². The molecule has 3 heteroatoms. The van der Waals surface area contributed by atoms with E-state index in [4.69, 9.17) is 0 Å². The Kier molecular flexibility index (Phi) is 2.60. The van der Waals surface area contributed by atoms with Crippen molar-refractivity contribution in [3.63, 3.8) is 0 Å². The molecule has 16 heavy (non-hydrogen) atoms. The molecule has 0 saturated heterocycles. The first kappa shape index (κ1) is 10.6. The Hall–Kier alpha value is -1.90. The predicted molar refractivity (Wildman–Crippen MR) is 62.8 cm³/mol. The van der Waals surface area contributed by atoms with E-state index in [1.165, 1.54) is 6.92 Å². The number of carbonyl (C=O) groups is 1. The Morgan fingerprint density at radius 3 is 2.88 bits per heavy atom. The molecule has 1 heterocycles. The van der Waals surface area contributed by atoms with E-state index in [2.05, 4.69) is 4.98 Å². The Morgan fingerprint density at radius 1 is 1.50 bits per heavy atom. The van der Waals surface area contributed by atoms with Gasteiger partial charge in [-0.1, -0.05) is 13.0 Å². The third-order valence-corrected chi connectivity index (χ3v) is 2.68. The van der Waals surface area contributed by atoms with Gasteiger partial charge in [0.1, 0.15) is 5.75 Å². The summed E-state index contributed by atoms with van der Waals surface area (Å²) in [4.78, 5) is 15.8. The fourth-order valence-corrected chi connectivity index (χ4v) is 2.02. The van der Waals surface area contributed by atoms with Crippen molar-refractivity contribution >= 4 is 16.7 Å². The van der Waals surface area contributed by atoms with E-state index in [1.54, 1.807) is 12.3 Å². The largest absolute Gasteiger partial charge is 0.507 e. The molecule has 0 atom stereocenters. The third-order valence-electron chi connectivity index (χ3n) is 2.68. The van der Waals surface area contributed by atoms with E-state index in [0.717, 1.165) is 16.5 Å². The van der Waals surface area contributed by atoms with Crippen molar-refractivity contribution in [2.45, 2.75) is 20.3 Å². The molecule has 2 aromatic rings. The summed E-state index contributed by atoms with van der Waals surface area (Å²) in [5.41, 5.74) is 2.02. The molecule has 3 nitrogen and oxygen atoms in total. The Morgan fingerprint density at radius 2 is 2.25 bits per heavy atom. The van der Waals surface area contributed by atoms with Gasteiger partial charge in [-0.15, -0.1) is 0 Å². The first-order valence-corrected chi connectivity index (χ1v) is 5.25. The van der Waals surface area contributed by atoms with E-state index in [1.807, 2.05) is 19.1 Å². The number of aromatic nitrogens is 1. The van der Waals surface area contributed by atoms with E-state index in [-0.39, 0.29) is 11.5 Å². The number of nitrogens with zero attached hydrogens (tertiary/aromatic N) is 1. The number of aromatic hydroxyl groups is 1. The Labute approximate surface area is 93.7 Å². The fourth-order valence-electron chi connectivity index (χ4n) is 2.02. The lowest BCUT2D eigenvalue weighted by molar-refractivity contribution is 0.101. The first-order valence-electron chi connectivity index (χ1n) is 5.25. The van der Waals surface area contributed by atoms with E-state index in [0.29, 0.717) is 12.0 Å². The molecule has 0 amide bonds. The maximum atomic E-state index is 11.5. The topological polar surface area (TPSA) is 50.2 Å². The van der Waals surface area contributed by atoms with Gasteiger partial charge in [0.15, 0.2) is 5.78 Å². The number of benzene rings is 1. The Bertz CT molecular complexity index is 561. The standard InChI is InChI=1S/C13H13NO2/c1-3-10-12(8(2)15)11(16)7-9-5-4-6-14-13(9)10/h4-7,16H,3H2,1-2H3. The molecule has 0 aliphatic heterocycles. The van der Waals surface area contributed by atoms with Crippen molar-refractivity contribution in [2.75, 3.05) is 0 Å². The van der Waals surface area contributed by atoms with Crippen LogP contribution in [0.3, 0.4) is 0 Å². The number of hydrogen-bond acceptors (Lipinski definition) is 3. The highest BCUT2D eigenvalue weighted by Crippen LogP contribution is 2.29. The molecular weight excluding hydrogens is 202 g/mol. The van der Waals surface area contributed by atoms with Crippen LogP contribution in [0, 0.1) is 0 Å². The summed E-state index contributed by atoms with van der Waals surface area (Å²) >= 11 is 0. The molecule has 1 aromatic heterocycles. The van der Waals surface area contributed by atoms with Crippen molar-refractivity contribution < 1.29 is 9.90 Å². The second-order valence-electron chi connectivity index (χ2n) is 3.73. The number of carbonyl (C=O) groups excluding carboxylic acids is 1. The van der Waals surface area contributed by atoms with Gasteiger partial charge in [0.2, 0.25) is 0 Å². The van der Waals surface area contributed by atoms with Crippen LogP contribution in [0.25, 0.3) is 10.9 Å². The SMILES string of the molecule is CCc1c(C(C)=O)c(O)cc2cccnc12. The number of rotatable bonds is 2. The number of hydrogen-bond donors (Lipinski definition) is 1. The van der Waals surface area contributed by atoms with Crippen molar-refractivity contribution in [3.8, 4) is 5.75 Å². The highest BCUT2D eigenvalue weighted by molar-refractivity contribution is 6.03. The van der Waals surface area contributed by atoms with Crippen LogP contribution in [-0.2, 0) is 6.42 Å². The van der Waals surface area contributed by atoms with Crippen LogP contribution in [-0.4, -0.2) is 15.9 Å². The van der Waals surface area contributed by atoms with Gasteiger partial charge in [0, 0.05) is 11.6 Å². The zero-order chi connectivity index (χ0) is 11.7. The van der Waals surface area contributed by atoms with Crippen LogP contribution in [0.5, 0.6) is 5.75 Å². The average Bonchev–Trinajstić information content (AvgIpc) is 2.26. The van der Waals surface area contributed by atoms with Gasteiger partial charge in [-0.2, -0.15) is 0 Å². The minimum Gasteiger partial charge on any atom is -0.507 e. The number of phenolic OH excluding ortho intramolecular Hbond substituents is 1. The second kappa shape index (κ2) is 3.93. The number of pyridine rings is 1. The zero-order valence-electron chi connectivity index (χ0n) is 9.32. The molecular formula is C13H13NO2. The molecule has 0 saturated carbocycles. The van der Waals surface area contributed by atoms with Crippen LogP contribution in [0.15, 0.2) is 24.4 Å². The predicted octanol–water partition coefficient (Wildman–Crippen LogP) is 2.71. The first-order chi connectivity index (χ1) is 7.65. The highest BCUT2D eigenvalue weighted by Gasteiger charge is 2.15. The van der Waals surface area contributed by atoms with Crippen molar-refractivity contribution in [1.29, 1.82) is 0 Å². The average molecular weight is 215 g/mol. The summed E-state index contributed by atoms with van der Waals surface area (Å²) in [5, 5.41) is 10.7. The number of Topliss-reactive ketones (excluding diaryl/α,β-unsaturated/α-hetero) is 1. The fraction of sp³-hybridized carbons (Fsp3) is 0.231. The van der Waals surface area contributed by atoms with Crippen LogP contribution in [0.1, 0.15) is 29.8 Å². The number of ketones is 1. The van der Waals surface area contributed by atoms with E-state index < -0.39 is 0 Å². The normalized spacial score (nSPS) is 10.6. The zero-order valence-corrected chi connectivity index (χ0v) is 9.32. The monoisotopic (exact) mass is 215 g/mol. The van der Waals surface area contributed by atoms with Crippen LogP contribution in [0.2, 0.25) is 0 Å². The van der Waals surface area contributed by atoms with Gasteiger partial charge >= 0.3 is 0 Å². The lowest BCUT2D eigenvalue weighted by atomic mass is 9.97. The summed E-state index contributed by atoms with van der Waals surface area (Å²) in [5.74, 6) is -0.0771. The number of fused-ring (bicyclic) bond motifs is 1. The number of phenols is 1. The second-order valence-corrected chi connectivity index (χ2v) is 3.73. The molecule has 0 fully saturated rings. The van der Waals surface area contributed by atoms with Gasteiger partial charge in [0.25, 0.3) is 0 Å². The minimum absolute atomic E-state index is 0.0462. The van der Waals surface area contributed by atoms with Crippen LogP contribution < -0.4 is 0 Å². The summed E-state index contributed by atoms with van der Waals surface area (Å²) in [6.45, 7) is 3.42. The quantitative estimate of drug-likeness (QED) is 0.783. The van der Waals surface area contributed by atoms with Gasteiger partial charge in [0.05, 0.1) is 11.1 Å². The molecule has 0 aliphatic rings. The van der Waals surface area contributed by atoms with Crippen molar-refractivity contribution in [2.24, 2.45) is 0 Å². The van der Waals surface area contributed by atoms with Gasteiger partial charge in [-0.3, -0.25) is 9.78 Å². The summed E-state index contributed by atoms with van der Waals surface area (Å²) in [6, 6.07) is 5.29. The minimum atomic E-state index is -0.123. The Balaban J connectivity index is 2.90. The third kappa shape index (κ3) is 1.54.